The fraction of sp³-hybridized carbons (Fsp3) is 0.364. The molecule has 0 aliphatic carbocycles. The zero-order valence-electron chi connectivity index (χ0n) is 8.89. The summed E-state index contributed by atoms with van der Waals surface area (Å²) >= 11 is 0. The van der Waals surface area contributed by atoms with Crippen molar-refractivity contribution in [3.63, 3.8) is 0 Å². The standard InChI is InChI=1S/C11H17N3O/c1-14(8-7-10(12)11(13)15)9-5-3-2-4-6-9/h2-6,10H,7-8,12H2,1H3,(H2,13,15). The smallest absolute Gasteiger partial charge is 0.234 e. The second-order valence-corrected chi connectivity index (χ2v) is 3.55. The van der Waals surface area contributed by atoms with Crippen LogP contribution in [0.5, 0.6) is 0 Å². The van der Waals surface area contributed by atoms with Crippen molar-refractivity contribution < 1.29 is 4.79 Å². The number of amides is 1. The van der Waals surface area contributed by atoms with Crippen molar-refractivity contribution in [3.05, 3.63) is 30.3 Å². The molecule has 0 aliphatic rings. The van der Waals surface area contributed by atoms with E-state index < -0.39 is 11.9 Å². The van der Waals surface area contributed by atoms with E-state index >= 15 is 0 Å². The van der Waals surface area contributed by atoms with Crippen LogP contribution >= 0.6 is 0 Å². The fourth-order valence-corrected chi connectivity index (χ4v) is 1.29. The van der Waals surface area contributed by atoms with Crippen LogP contribution in [0, 0.1) is 0 Å². The first-order chi connectivity index (χ1) is 7.11. The van der Waals surface area contributed by atoms with E-state index in [2.05, 4.69) is 0 Å². The quantitative estimate of drug-likeness (QED) is 0.730. The Labute approximate surface area is 89.9 Å². The predicted octanol–water partition coefficient (Wildman–Crippen LogP) is 0.325. The van der Waals surface area contributed by atoms with Gasteiger partial charge in [-0.15, -0.1) is 0 Å². The minimum absolute atomic E-state index is 0.448. The third kappa shape index (κ3) is 3.59. The van der Waals surface area contributed by atoms with E-state index in [4.69, 9.17) is 11.5 Å². The monoisotopic (exact) mass is 207 g/mol. The number of nitrogens with zero attached hydrogens (tertiary/aromatic N) is 1. The van der Waals surface area contributed by atoms with Crippen molar-refractivity contribution in [2.45, 2.75) is 12.5 Å². The Morgan fingerprint density at radius 2 is 2.00 bits per heavy atom. The molecule has 1 amide bonds. The second-order valence-electron chi connectivity index (χ2n) is 3.55. The molecule has 15 heavy (non-hydrogen) atoms. The predicted molar refractivity (Wildman–Crippen MR) is 61.5 cm³/mol. The van der Waals surface area contributed by atoms with Crippen LogP contribution in [0.3, 0.4) is 0 Å². The molecular formula is C11H17N3O. The zero-order valence-corrected chi connectivity index (χ0v) is 8.89. The fourth-order valence-electron chi connectivity index (χ4n) is 1.29. The minimum Gasteiger partial charge on any atom is -0.375 e. The maximum atomic E-state index is 10.7. The summed E-state index contributed by atoms with van der Waals surface area (Å²) in [5.41, 5.74) is 11.7. The summed E-state index contributed by atoms with van der Waals surface area (Å²) in [6.07, 6.45) is 0.570. The van der Waals surface area contributed by atoms with Crippen molar-refractivity contribution in [2.24, 2.45) is 11.5 Å². The number of rotatable bonds is 5. The highest BCUT2D eigenvalue weighted by molar-refractivity contribution is 5.79. The van der Waals surface area contributed by atoms with Crippen LogP contribution in [0.15, 0.2) is 30.3 Å². The van der Waals surface area contributed by atoms with Crippen LogP contribution in [0.1, 0.15) is 6.42 Å². The molecular weight excluding hydrogens is 190 g/mol. The molecule has 0 radical (unpaired) electrons. The van der Waals surface area contributed by atoms with Gasteiger partial charge in [-0.1, -0.05) is 18.2 Å². The summed E-state index contributed by atoms with van der Waals surface area (Å²) in [4.78, 5) is 12.8. The molecule has 1 unspecified atom stereocenters. The maximum Gasteiger partial charge on any atom is 0.234 e. The first-order valence-corrected chi connectivity index (χ1v) is 4.92. The number of hydrogen-bond donors (Lipinski definition) is 2. The number of para-hydroxylation sites is 1. The summed E-state index contributed by atoms with van der Waals surface area (Å²) in [7, 11) is 1.96. The summed E-state index contributed by atoms with van der Waals surface area (Å²) in [5, 5.41) is 0. The van der Waals surface area contributed by atoms with Crippen molar-refractivity contribution in [1.82, 2.24) is 0 Å². The van der Waals surface area contributed by atoms with Gasteiger partial charge in [0, 0.05) is 19.3 Å². The Kier molecular flexibility index (Phi) is 4.12. The molecule has 0 spiro atoms. The highest BCUT2D eigenvalue weighted by Gasteiger charge is 2.10. The Morgan fingerprint density at radius 1 is 1.40 bits per heavy atom. The number of nitrogens with two attached hydrogens (primary N) is 2. The normalized spacial score (nSPS) is 12.1. The Bertz CT molecular complexity index is 313. The molecule has 0 fully saturated rings. The molecule has 1 aromatic carbocycles. The Hall–Kier alpha value is -1.55. The van der Waals surface area contributed by atoms with E-state index in [-0.39, 0.29) is 0 Å². The molecule has 0 aromatic heterocycles. The van der Waals surface area contributed by atoms with Gasteiger partial charge >= 0.3 is 0 Å². The molecule has 4 N–H and O–H groups in total. The van der Waals surface area contributed by atoms with E-state index in [1.54, 1.807) is 0 Å². The topological polar surface area (TPSA) is 72.3 Å². The average molecular weight is 207 g/mol. The van der Waals surface area contributed by atoms with Crippen LogP contribution in [0.25, 0.3) is 0 Å². The van der Waals surface area contributed by atoms with Gasteiger partial charge in [0.1, 0.15) is 0 Å². The minimum atomic E-state index is -0.559. The number of carbonyl (C=O) groups is 1. The maximum absolute atomic E-state index is 10.7. The van der Waals surface area contributed by atoms with Crippen LogP contribution in [-0.4, -0.2) is 25.5 Å². The van der Waals surface area contributed by atoms with Crippen molar-refractivity contribution >= 4 is 11.6 Å². The van der Waals surface area contributed by atoms with Gasteiger partial charge in [0.2, 0.25) is 5.91 Å². The summed E-state index contributed by atoms with van der Waals surface area (Å²) < 4.78 is 0. The lowest BCUT2D eigenvalue weighted by Gasteiger charge is -2.20. The van der Waals surface area contributed by atoms with E-state index in [9.17, 15) is 4.79 Å². The first kappa shape index (κ1) is 11.5. The third-order valence-corrected chi connectivity index (χ3v) is 2.34. The molecule has 0 heterocycles. The summed E-state index contributed by atoms with van der Waals surface area (Å²) in [5.74, 6) is -0.448. The SMILES string of the molecule is CN(CCC(N)C(N)=O)c1ccccc1. The lowest BCUT2D eigenvalue weighted by molar-refractivity contribution is -0.119. The van der Waals surface area contributed by atoms with E-state index in [0.717, 1.165) is 5.69 Å². The molecule has 0 saturated carbocycles. The molecule has 1 rings (SSSR count). The zero-order chi connectivity index (χ0) is 11.3. The summed E-state index contributed by atoms with van der Waals surface area (Å²) in [6, 6.07) is 9.37. The lowest BCUT2D eigenvalue weighted by atomic mass is 10.2. The van der Waals surface area contributed by atoms with Crippen LogP contribution < -0.4 is 16.4 Å². The molecule has 1 atom stereocenters. The van der Waals surface area contributed by atoms with Gasteiger partial charge in [-0.2, -0.15) is 0 Å². The van der Waals surface area contributed by atoms with Gasteiger partial charge in [0.25, 0.3) is 0 Å². The number of benzene rings is 1. The molecule has 82 valence electrons. The number of carbonyl (C=O) groups excluding carboxylic acids is 1. The molecule has 0 bridgehead atoms. The summed E-state index contributed by atoms with van der Waals surface area (Å²) in [6.45, 7) is 0.716. The van der Waals surface area contributed by atoms with Gasteiger partial charge < -0.3 is 16.4 Å². The van der Waals surface area contributed by atoms with Crippen LogP contribution in [0.2, 0.25) is 0 Å². The van der Waals surface area contributed by atoms with Crippen molar-refractivity contribution in [3.8, 4) is 0 Å². The highest BCUT2D eigenvalue weighted by Crippen LogP contribution is 2.11. The van der Waals surface area contributed by atoms with Gasteiger partial charge in [-0.25, -0.2) is 0 Å². The van der Waals surface area contributed by atoms with E-state index in [1.807, 2.05) is 42.3 Å². The highest BCUT2D eigenvalue weighted by atomic mass is 16.1. The molecule has 0 saturated heterocycles. The van der Waals surface area contributed by atoms with Gasteiger partial charge in [0.15, 0.2) is 0 Å². The van der Waals surface area contributed by atoms with Crippen LogP contribution in [0.4, 0.5) is 5.69 Å². The lowest BCUT2D eigenvalue weighted by Crippen LogP contribution is -2.39. The van der Waals surface area contributed by atoms with Crippen molar-refractivity contribution in [2.75, 3.05) is 18.5 Å². The number of hydrogen-bond acceptors (Lipinski definition) is 3. The largest absolute Gasteiger partial charge is 0.375 e. The third-order valence-electron chi connectivity index (χ3n) is 2.34. The van der Waals surface area contributed by atoms with E-state index in [0.29, 0.717) is 13.0 Å². The van der Waals surface area contributed by atoms with Gasteiger partial charge in [0.05, 0.1) is 6.04 Å². The number of anilines is 1. The van der Waals surface area contributed by atoms with Crippen LogP contribution in [-0.2, 0) is 4.79 Å². The molecule has 4 heteroatoms. The van der Waals surface area contributed by atoms with Crippen molar-refractivity contribution in [1.29, 1.82) is 0 Å². The Balaban J connectivity index is 2.43. The molecule has 0 aliphatic heterocycles. The van der Waals surface area contributed by atoms with Gasteiger partial charge in [-0.3, -0.25) is 4.79 Å². The molecule has 1 aromatic rings. The van der Waals surface area contributed by atoms with Gasteiger partial charge in [-0.05, 0) is 18.6 Å². The first-order valence-electron chi connectivity index (χ1n) is 4.92. The van der Waals surface area contributed by atoms with E-state index in [1.165, 1.54) is 0 Å². The average Bonchev–Trinajstić information content (AvgIpc) is 2.26. The Morgan fingerprint density at radius 3 is 2.53 bits per heavy atom. The second kappa shape index (κ2) is 5.36. The number of primary amides is 1. The molecule has 4 nitrogen and oxygen atoms in total.